The van der Waals surface area contributed by atoms with Gasteiger partial charge in [-0.15, -0.1) is 0 Å². The highest BCUT2D eigenvalue weighted by Crippen LogP contribution is 2.18. The van der Waals surface area contributed by atoms with E-state index < -0.39 is 10.9 Å². The van der Waals surface area contributed by atoms with Crippen molar-refractivity contribution in [2.75, 3.05) is 19.7 Å². The van der Waals surface area contributed by atoms with Gasteiger partial charge in [0, 0.05) is 25.2 Å². The lowest BCUT2D eigenvalue weighted by molar-refractivity contribution is -0.385. The van der Waals surface area contributed by atoms with Crippen LogP contribution >= 0.6 is 0 Å². The van der Waals surface area contributed by atoms with Crippen molar-refractivity contribution >= 4 is 23.6 Å². The summed E-state index contributed by atoms with van der Waals surface area (Å²) in [6, 6.07) is 6.05. The van der Waals surface area contributed by atoms with E-state index in [9.17, 15) is 19.7 Å². The van der Waals surface area contributed by atoms with E-state index in [0.29, 0.717) is 18.7 Å². The SMILES string of the molecule is O=C(/C=C/c1ccccc1[N+](=O)[O-])OCC(=O)N1CCCC1. The molecule has 1 aliphatic rings. The summed E-state index contributed by atoms with van der Waals surface area (Å²) in [7, 11) is 0. The lowest BCUT2D eigenvalue weighted by Gasteiger charge is -2.14. The molecule has 0 spiro atoms. The maximum absolute atomic E-state index is 11.7. The van der Waals surface area contributed by atoms with Gasteiger partial charge in [0.1, 0.15) is 0 Å². The van der Waals surface area contributed by atoms with Gasteiger partial charge in [-0.1, -0.05) is 12.1 Å². The van der Waals surface area contributed by atoms with E-state index in [1.807, 2.05) is 0 Å². The molecule has 1 fully saturated rings. The summed E-state index contributed by atoms with van der Waals surface area (Å²) in [5.74, 6) is -0.921. The van der Waals surface area contributed by atoms with Crippen LogP contribution in [0.5, 0.6) is 0 Å². The Balaban J connectivity index is 1.89. The minimum absolute atomic E-state index is 0.0975. The quantitative estimate of drug-likeness (QED) is 0.358. The third-order valence-corrected chi connectivity index (χ3v) is 3.33. The van der Waals surface area contributed by atoms with E-state index in [2.05, 4.69) is 0 Å². The summed E-state index contributed by atoms with van der Waals surface area (Å²) in [5, 5.41) is 10.8. The van der Waals surface area contributed by atoms with Crippen LogP contribution in [0.15, 0.2) is 30.3 Å². The molecule has 0 atom stereocenters. The molecule has 7 heteroatoms. The fraction of sp³-hybridized carbons (Fsp3) is 0.333. The zero-order valence-corrected chi connectivity index (χ0v) is 11.9. The number of nitro groups is 1. The van der Waals surface area contributed by atoms with Gasteiger partial charge in [-0.3, -0.25) is 14.9 Å². The third-order valence-electron chi connectivity index (χ3n) is 3.33. The average molecular weight is 304 g/mol. The van der Waals surface area contributed by atoms with E-state index >= 15 is 0 Å². The van der Waals surface area contributed by atoms with Crippen LogP contribution in [-0.2, 0) is 14.3 Å². The van der Waals surface area contributed by atoms with Crippen LogP contribution in [0.1, 0.15) is 18.4 Å². The van der Waals surface area contributed by atoms with Gasteiger partial charge < -0.3 is 9.64 Å². The van der Waals surface area contributed by atoms with Gasteiger partial charge in [0.2, 0.25) is 0 Å². The third kappa shape index (κ3) is 4.15. The van der Waals surface area contributed by atoms with Gasteiger partial charge in [0.15, 0.2) is 6.61 Å². The lowest BCUT2D eigenvalue weighted by Crippen LogP contribution is -2.31. The molecule has 1 amide bonds. The highest BCUT2D eigenvalue weighted by atomic mass is 16.6. The molecule has 1 heterocycles. The van der Waals surface area contributed by atoms with E-state index in [4.69, 9.17) is 4.74 Å². The van der Waals surface area contributed by atoms with Crippen molar-refractivity contribution < 1.29 is 19.2 Å². The highest BCUT2D eigenvalue weighted by Gasteiger charge is 2.18. The first kappa shape index (κ1) is 15.7. The topological polar surface area (TPSA) is 89.7 Å². The van der Waals surface area contributed by atoms with Crippen LogP contribution < -0.4 is 0 Å². The fourth-order valence-corrected chi connectivity index (χ4v) is 2.19. The number of carbonyl (C=O) groups is 2. The molecule has 1 aliphatic heterocycles. The van der Waals surface area contributed by atoms with Crippen molar-refractivity contribution in [3.8, 4) is 0 Å². The van der Waals surface area contributed by atoms with Gasteiger partial charge in [0.05, 0.1) is 10.5 Å². The smallest absolute Gasteiger partial charge is 0.331 e. The predicted octanol–water partition coefficient (Wildman–Crippen LogP) is 1.77. The average Bonchev–Trinajstić information content (AvgIpc) is 3.05. The second-order valence-electron chi connectivity index (χ2n) is 4.84. The van der Waals surface area contributed by atoms with Crippen molar-refractivity contribution in [1.29, 1.82) is 0 Å². The maximum atomic E-state index is 11.7. The first-order valence-electron chi connectivity index (χ1n) is 6.94. The van der Waals surface area contributed by atoms with Crippen LogP contribution in [-0.4, -0.2) is 41.4 Å². The molecular formula is C15H16N2O5. The van der Waals surface area contributed by atoms with E-state index in [0.717, 1.165) is 18.9 Å². The number of rotatable bonds is 5. The monoisotopic (exact) mass is 304 g/mol. The van der Waals surface area contributed by atoms with Crippen LogP contribution in [0.25, 0.3) is 6.08 Å². The summed E-state index contributed by atoms with van der Waals surface area (Å²) in [5.41, 5.74) is 0.204. The minimum atomic E-state index is -0.703. The summed E-state index contributed by atoms with van der Waals surface area (Å²) in [4.78, 5) is 35.2. The molecule has 116 valence electrons. The van der Waals surface area contributed by atoms with Crippen molar-refractivity contribution in [2.24, 2.45) is 0 Å². The first-order chi connectivity index (χ1) is 10.6. The molecule has 0 aromatic heterocycles. The molecule has 2 rings (SSSR count). The Morgan fingerprint density at radius 1 is 1.27 bits per heavy atom. The van der Waals surface area contributed by atoms with Crippen LogP contribution in [0, 0.1) is 10.1 Å². The molecule has 7 nitrogen and oxygen atoms in total. The number of hydrogen-bond donors (Lipinski definition) is 0. The Morgan fingerprint density at radius 3 is 2.64 bits per heavy atom. The molecule has 22 heavy (non-hydrogen) atoms. The summed E-state index contributed by atoms with van der Waals surface area (Å²) >= 11 is 0. The second-order valence-corrected chi connectivity index (χ2v) is 4.84. The van der Waals surface area contributed by atoms with Crippen molar-refractivity contribution in [2.45, 2.75) is 12.8 Å². The molecule has 0 radical (unpaired) electrons. The molecule has 1 aromatic carbocycles. The van der Waals surface area contributed by atoms with Crippen molar-refractivity contribution in [1.82, 2.24) is 4.90 Å². The largest absolute Gasteiger partial charge is 0.452 e. The second kappa shape index (κ2) is 7.35. The predicted molar refractivity (Wildman–Crippen MR) is 78.9 cm³/mol. The number of likely N-dealkylation sites (tertiary alicyclic amines) is 1. The Labute approximate surface area is 127 Å². The number of hydrogen-bond acceptors (Lipinski definition) is 5. The van der Waals surface area contributed by atoms with E-state index in [-0.39, 0.29) is 18.2 Å². The number of esters is 1. The summed E-state index contributed by atoms with van der Waals surface area (Å²) < 4.78 is 4.85. The number of nitro benzene ring substituents is 1. The van der Waals surface area contributed by atoms with Crippen molar-refractivity contribution in [3.63, 3.8) is 0 Å². The van der Waals surface area contributed by atoms with Gasteiger partial charge in [-0.2, -0.15) is 0 Å². The van der Waals surface area contributed by atoms with Crippen LogP contribution in [0.3, 0.4) is 0 Å². The normalized spacial score (nSPS) is 14.3. The molecule has 0 unspecified atom stereocenters. The van der Waals surface area contributed by atoms with E-state index in [1.165, 1.54) is 18.2 Å². The zero-order chi connectivity index (χ0) is 15.9. The molecule has 1 aromatic rings. The van der Waals surface area contributed by atoms with Gasteiger partial charge in [0.25, 0.3) is 11.6 Å². The summed E-state index contributed by atoms with van der Waals surface area (Å²) in [6.45, 7) is 1.09. The number of benzene rings is 1. The van der Waals surface area contributed by atoms with Crippen LogP contribution in [0.2, 0.25) is 0 Å². The molecule has 0 bridgehead atoms. The highest BCUT2D eigenvalue weighted by molar-refractivity contribution is 5.90. The van der Waals surface area contributed by atoms with Crippen LogP contribution in [0.4, 0.5) is 5.69 Å². The lowest BCUT2D eigenvalue weighted by atomic mass is 10.1. The Kier molecular flexibility index (Phi) is 5.24. The number of nitrogens with zero attached hydrogens (tertiary/aromatic N) is 2. The van der Waals surface area contributed by atoms with Gasteiger partial charge in [-0.25, -0.2) is 4.79 Å². The Morgan fingerprint density at radius 2 is 1.95 bits per heavy atom. The maximum Gasteiger partial charge on any atom is 0.331 e. The zero-order valence-electron chi connectivity index (χ0n) is 11.9. The molecule has 1 saturated heterocycles. The molecule has 0 aliphatic carbocycles. The van der Waals surface area contributed by atoms with Gasteiger partial charge >= 0.3 is 5.97 Å². The fourth-order valence-electron chi connectivity index (χ4n) is 2.19. The van der Waals surface area contributed by atoms with E-state index in [1.54, 1.807) is 17.0 Å². The van der Waals surface area contributed by atoms with Crippen molar-refractivity contribution in [3.05, 3.63) is 46.0 Å². The molecule has 0 N–H and O–H groups in total. The Hall–Kier alpha value is -2.70. The number of para-hydroxylation sites is 1. The minimum Gasteiger partial charge on any atom is -0.452 e. The first-order valence-corrected chi connectivity index (χ1v) is 6.94. The summed E-state index contributed by atoms with van der Waals surface area (Å²) in [6.07, 6.45) is 4.33. The molecular weight excluding hydrogens is 288 g/mol. The molecule has 0 saturated carbocycles. The Bertz CT molecular complexity index is 606. The standard InChI is InChI=1S/C15H16N2O5/c18-14(16-9-3-4-10-16)11-22-15(19)8-7-12-5-1-2-6-13(12)17(20)21/h1-2,5-8H,3-4,9-11H2/b8-7+. The van der Waals surface area contributed by atoms with Gasteiger partial charge in [-0.05, 0) is 25.0 Å². The number of ether oxygens (including phenoxy) is 1. The number of amides is 1. The number of carbonyl (C=O) groups excluding carboxylic acids is 2.